The number of nitrogens with one attached hydrogen (secondary N) is 1. The Kier molecular flexibility index (Phi) is 5.43. The molecule has 0 atom stereocenters. The first kappa shape index (κ1) is 16.3. The minimum atomic E-state index is -4.11. The van der Waals surface area contributed by atoms with Crippen molar-refractivity contribution < 1.29 is 22.9 Å². The van der Waals surface area contributed by atoms with Crippen molar-refractivity contribution >= 4 is 33.3 Å². The quantitative estimate of drug-likeness (QED) is 0.476. The number of ether oxygens (including phenoxy) is 1. The Balaban J connectivity index is 2.98. The Labute approximate surface area is 119 Å². The van der Waals surface area contributed by atoms with E-state index in [9.17, 15) is 23.3 Å². The predicted molar refractivity (Wildman–Crippen MR) is 69.9 cm³/mol. The largest absolute Gasteiger partial charge is 0.469 e. The molecule has 0 spiro atoms. The summed E-state index contributed by atoms with van der Waals surface area (Å²) in [5.74, 6) is -0.599. The highest BCUT2D eigenvalue weighted by atomic mass is 35.5. The van der Waals surface area contributed by atoms with Crippen molar-refractivity contribution in [1.82, 2.24) is 4.72 Å². The van der Waals surface area contributed by atoms with Gasteiger partial charge in [-0.3, -0.25) is 14.9 Å². The normalized spacial score (nSPS) is 11.1. The molecule has 0 aromatic heterocycles. The van der Waals surface area contributed by atoms with Gasteiger partial charge in [-0.15, -0.1) is 0 Å². The Bertz CT molecular complexity index is 631. The van der Waals surface area contributed by atoms with E-state index in [1.54, 1.807) is 0 Å². The first-order valence-electron chi connectivity index (χ1n) is 5.28. The van der Waals surface area contributed by atoms with Crippen LogP contribution < -0.4 is 4.72 Å². The van der Waals surface area contributed by atoms with Gasteiger partial charge in [-0.25, -0.2) is 13.1 Å². The van der Waals surface area contributed by atoms with Crippen LogP contribution >= 0.6 is 11.6 Å². The maximum absolute atomic E-state index is 11.9. The highest BCUT2D eigenvalue weighted by Gasteiger charge is 2.25. The van der Waals surface area contributed by atoms with E-state index in [0.29, 0.717) is 0 Å². The second-order valence-corrected chi connectivity index (χ2v) is 5.76. The fraction of sp³-hybridized carbons (Fsp3) is 0.300. The van der Waals surface area contributed by atoms with Crippen LogP contribution in [0.1, 0.15) is 6.42 Å². The number of hydrogen-bond acceptors (Lipinski definition) is 6. The summed E-state index contributed by atoms with van der Waals surface area (Å²) < 4.78 is 30.3. The van der Waals surface area contributed by atoms with Gasteiger partial charge in [-0.2, -0.15) is 0 Å². The van der Waals surface area contributed by atoms with E-state index in [-0.39, 0.29) is 18.0 Å². The summed E-state index contributed by atoms with van der Waals surface area (Å²) in [6.45, 7) is -0.227. The molecule has 0 unspecified atom stereocenters. The number of nitro benzene ring substituents is 1. The van der Waals surface area contributed by atoms with E-state index >= 15 is 0 Å². The molecule has 20 heavy (non-hydrogen) atoms. The minimum Gasteiger partial charge on any atom is -0.469 e. The molecular weight excluding hydrogens is 312 g/mol. The summed E-state index contributed by atoms with van der Waals surface area (Å²) in [6, 6.07) is 3.20. The van der Waals surface area contributed by atoms with Crippen LogP contribution in [0.25, 0.3) is 0 Å². The van der Waals surface area contributed by atoms with Crippen molar-refractivity contribution in [3.8, 4) is 0 Å². The summed E-state index contributed by atoms with van der Waals surface area (Å²) in [4.78, 5) is 20.3. The number of esters is 1. The SMILES string of the molecule is COC(=O)CCNS(=O)(=O)c1ccc(Cl)cc1[N+](=O)[O-]. The Morgan fingerprint density at radius 1 is 1.50 bits per heavy atom. The van der Waals surface area contributed by atoms with Gasteiger partial charge in [0.2, 0.25) is 10.0 Å². The van der Waals surface area contributed by atoms with Crippen molar-refractivity contribution in [1.29, 1.82) is 0 Å². The van der Waals surface area contributed by atoms with Crippen LogP contribution in [0.15, 0.2) is 23.1 Å². The molecule has 0 bridgehead atoms. The van der Waals surface area contributed by atoms with Gasteiger partial charge in [0.1, 0.15) is 0 Å². The number of halogens is 1. The summed E-state index contributed by atoms with van der Waals surface area (Å²) in [5, 5.41) is 10.9. The summed E-state index contributed by atoms with van der Waals surface area (Å²) >= 11 is 5.59. The maximum Gasteiger partial charge on any atom is 0.306 e. The van der Waals surface area contributed by atoms with Gasteiger partial charge in [-0.1, -0.05) is 11.6 Å². The Hall–Kier alpha value is -1.71. The zero-order valence-electron chi connectivity index (χ0n) is 10.3. The van der Waals surface area contributed by atoms with Gasteiger partial charge in [0, 0.05) is 17.6 Å². The molecule has 0 amide bonds. The Morgan fingerprint density at radius 2 is 2.15 bits per heavy atom. The molecule has 0 saturated heterocycles. The van der Waals surface area contributed by atoms with Crippen molar-refractivity contribution in [2.45, 2.75) is 11.3 Å². The van der Waals surface area contributed by atoms with Crippen molar-refractivity contribution in [2.75, 3.05) is 13.7 Å². The number of methoxy groups -OCH3 is 1. The van der Waals surface area contributed by atoms with Crippen LogP contribution in [0, 0.1) is 10.1 Å². The zero-order valence-corrected chi connectivity index (χ0v) is 11.9. The van der Waals surface area contributed by atoms with Crippen LogP contribution in [0.4, 0.5) is 5.69 Å². The second-order valence-electron chi connectivity index (χ2n) is 3.59. The third-order valence-electron chi connectivity index (χ3n) is 2.26. The molecule has 0 saturated carbocycles. The molecule has 10 heteroatoms. The molecular formula is C10H11ClN2O6S. The number of benzene rings is 1. The number of sulfonamides is 1. The summed E-state index contributed by atoms with van der Waals surface area (Å²) in [7, 11) is -2.95. The van der Waals surface area contributed by atoms with Gasteiger partial charge in [0.05, 0.1) is 18.5 Å². The van der Waals surface area contributed by atoms with Gasteiger partial charge in [0.15, 0.2) is 4.90 Å². The maximum atomic E-state index is 11.9. The average molecular weight is 323 g/mol. The second kappa shape index (κ2) is 6.64. The van der Waals surface area contributed by atoms with Crippen LogP contribution in [0.5, 0.6) is 0 Å². The van der Waals surface area contributed by atoms with Gasteiger partial charge in [0.25, 0.3) is 5.69 Å². The van der Waals surface area contributed by atoms with Gasteiger partial charge >= 0.3 is 5.97 Å². The fourth-order valence-corrected chi connectivity index (χ4v) is 2.68. The van der Waals surface area contributed by atoms with E-state index < -0.39 is 31.5 Å². The highest BCUT2D eigenvalue weighted by molar-refractivity contribution is 7.89. The van der Waals surface area contributed by atoms with E-state index in [4.69, 9.17) is 11.6 Å². The monoisotopic (exact) mass is 322 g/mol. The number of rotatable bonds is 6. The molecule has 0 aliphatic carbocycles. The molecule has 1 N–H and O–H groups in total. The summed E-state index contributed by atoms with van der Waals surface area (Å²) in [5.41, 5.74) is -0.636. The highest BCUT2D eigenvalue weighted by Crippen LogP contribution is 2.26. The van der Waals surface area contributed by atoms with E-state index in [1.165, 1.54) is 13.2 Å². The first-order valence-corrected chi connectivity index (χ1v) is 7.14. The van der Waals surface area contributed by atoms with E-state index in [0.717, 1.165) is 12.1 Å². The standard InChI is InChI=1S/C10H11ClN2O6S/c1-19-10(14)4-5-12-20(17,18)9-3-2-7(11)6-8(9)13(15)16/h2-3,6,12H,4-5H2,1H3. The number of carbonyl (C=O) groups is 1. The topological polar surface area (TPSA) is 116 Å². The lowest BCUT2D eigenvalue weighted by atomic mass is 10.3. The number of carbonyl (C=O) groups excluding carboxylic acids is 1. The molecule has 1 rings (SSSR count). The fourth-order valence-electron chi connectivity index (χ4n) is 1.33. The Morgan fingerprint density at radius 3 is 2.70 bits per heavy atom. The molecule has 8 nitrogen and oxygen atoms in total. The molecule has 0 radical (unpaired) electrons. The molecule has 0 fully saturated rings. The zero-order chi connectivity index (χ0) is 15.3. The lowest BCUT2D eigenvalue weighted by molar-refractivity contribution is -0.387. The predicted octanol–water partition coefficient (Wildman–Crippen LogP) is 1.09. The van der Waals surface area contributed by atoms with Crippen LogP contribution in [0.2, 0.25) is 5.02 Å². The number of nitrogens with zero attached hydrogens (tertiary/aromatic N) is 1. The van der Waals surface area contributed by atoms with E-state index in [1.807, 2.05) is 0 Å². The van der Waals surface area contributed by atoms with Gasteiger partial charge in [-0.05, 0) is 12.1 Å². The molecule has 110 valence electrons. The minimum absolute atomic E-state index is 0.0465. The number of nitro groups is 1. The first-order chi connectivity index (χ1) is 9.27. The third-order valence-corrected chi connectivity index (χ3v) is 4.00. The third kappa shape index (κ3) is 4.15. The molecule has 0 aliphatic rings. The van der Waals surface area contributed by atoms with Crippen molar-refractivity contribution in [3.05, 3.63) is 33.3 Å². The van der Waals surface area contributed by atoms with Crippen LogP contribution in [0.3, 0.4) is 0 Å². The molecule has 1 aromatic rings. The van der Waals surface area contributed by atoms with Crippen molar-refractivity contribution in [3.63, 3.8) is 0 Å². The van der Waals surface area contributed by atoms with Crippen LogP contribution in [-0.2, 0) is 19.6 Å². The van der Waals surface area contributed by atoms with Crippen LogP contribution in [-0.4, -0.2) is 33.0 Å². The smallest absolute Gasteiger partial charge is 0.306 e. The molecule has 0 aliphatic heterocycles. The summed E-state index contributed by atoms with van der Waals surface area (Å²) in [6.07, 6.45) is -0.183. The lowest BCUT2D eigenvalue weighted by Gasteiger charge is -2.07. The molecule has 0 heterocycles. The number of hydrogen-bond donors (Lipinski definition) is 1. The molecule has 1 aromatic carbocycles. The van der Waals surface area contributed by atoms with Crippen molar-refractivity contribution in [2.24, 2.45) is 0 Å². The van der Waals surface area contributed by atoms with Gasteiger partial charge < -0.3 is 4.74 Å². The van der Waals surface area contributed by atoms with E-state index in [2.05, 4.69) is 9.46 Å². The lowest BCUT2D eigenvalue weighted by Crippen LogP contribution is -2.27. The average Bonchev–Trinajstić information content (AvgIpc) is 2.37.